The van der Waals surface area contributed by atoms with E-state index in [4.69, 9.17) is 4.74 Å². The van der Waals surface area contributed by atoms with Crippen LogP contribution in [0.4, 0.5) is 5.69 Å². The van der Waals surface area contributed by atoms with Crippen molar-refractivity contribution in [3.05, 3.63) is 333 Å². The van der Waals surface area contributed by atoms with Gasteiger partial charge in [0.15, 0.2) is 29.5 Å². The van der Waals surface area contributed by atoms with Gasteiger partial charge in [-0.3, -0.25) is 4.72 Å². The van der Waals surface area contributed by atoms with Crippen LogP contribution in [-0.4, -0.2) is 143 Å². The maximum absolute atomic E-state index is 13.1. The lowest BCUT2D eigenvalue weighted by Crippen LogP contribution is -2.34. The zero-order valence-corrected chi connectivity index (χ0v) is 95.8. The first kappa shape index (κ1) is 127. The van der Waals surface area contributed by atoms with Crippen molar-refractivity contribution in [3.63, 3.8) is 0 Å². The normalized spacial score (nSPS) is 13.5. The molecule has 11 aromatic rings. The molecule has 2 aliphatic carbocycles. The number of rotatable bonds is 27. The first-order valence-electron chi connectivity index (χ1n) is 48.1. The van der Waals surface area contributed by atoms with Gasteiger partial charge in [0.05, 0.1) is 73.9 Å². The molecule has 11 aromatic carbocycles. The summed E-state index contributed by atoms with van der Waals surface area (Å²) in [6, 6.07) is 76.0. The summed E-state index contributed by atoms with van der Waals surface area (Å²) in [5, 5.41) is -0.272. The molecule has 2 saturated carbocycles. The van der Waals surface area contributed by atoms with Gasteiger partial charge in [0.1, 0.15) is 30.3 Å². The molecule has 23 nitrogen and oxygen atoms in total. The Morgan fingerprint density at radius 3 is 1.00 bits per heavy atom. The first-order chi connectivity index (χ1) is 67.1. The van der Waals surface area contributed by atoms with Crippen LogP contribution < -0.4 is 14.2 Å². The minimum Gasteiger partial charge on any atom is -0.495 e. The molecule has 0 bridgehead atoms. The number of sulfone groups is 8. The van der Waals surface area contributed by atoms with Crippen molar-refractivity contribution in [3.8, 4) is 5.75 Å². The second kappa shape index (κ2) is 59.5. The second-order valence-corrected chi connectivity index (χ2v) is 57.8. The third-order valence-corrected chi connectivity index (χ3v) is 39.7. The van der Waals surface area contributed by atoms with E-state index in [-0.39, 0.29) is 43.4 Å². The minimum atomic E-state index is -3.63. The number of sulfonamides is 2. The summed E-state index contributed by atoms with van der Waals surface area (Å²) in [5.74, 6) is 0.520. The fourth-order valence-electron chi connectivity index (χ4n) is 16.4. The van der Waals surface area contributed by atoms with E-state index in [1.807, 2.05) is 211 Å². The van der Waals surface area contributed by atoms with Crippen molar-refractivity contribution in [1.82, 2.24) is 4.72 Å². The predicted octanol–water partition coefficient (Wildman–Crippen LogP) is 23.6. The summed E-state index contributed by atoms with van der Waals surface area (Å²) in [7, 11) is -29.9. The Morgan fingerprint density at radius 1 is 0.333 bits per heavy atom. The lowest BCUT2D eigenvalue weighted by molar-refractivity contribution is 0.403. The molecule has 0 saturated heterocycles. The molecule has 0 aliphatic heterocycles. The third kappa shape index (κ3) is 43.5. The number of methoxy groups -OCH3 is 1. The molecular formula is C111H152N2O21S10. The zero-order valence-electron chi connectivity index (χ0n) is 87.6. The summed E-state index contributed by atoms with van der Waals surface area (Å²) >= 11 is 0. The molecule has 792 valence electrons. The van der Waals surface area contributed by atoms with E-state index >= 15 is 0 Å². The van der Waals surface area contributed by atoms with E-state index in [0.29, 0.717) is 45.7 Å². The van der Waals surface area contributed by atoms with Gasteiger partial charge in [0, 0.05) is 36.8 Å². The highest BCUT2D eigenvalue weighted by molar-refractivity contribution is 7.94. The molecule has 0 radical (unpaired) electrons. The van der Waals surface area contributed by atoms with Crippen LogP contribution in [0.1, 0.15) is 217 Å². The zero-order chi connectivity index (χ0) is 108. The number of aryl methyl sites for hydroxylation is 11. The predicted molar refractivity (Wildman–Crippen MR) is 590 cm³/mol. The average Bonchev–Trinajstić information content (AvgIpc) is 0.753. The molecule has 2 atom stereocenters. The van der Waals surface area contributed by atoms with Crippen molar-refractivity contribution in [2.45, 2.75) is 298 Å². The monoisotopic (exact) mass is 2170 g/mol. The van der Waals surface area contributed by atoms with Gasteiger partial charge in [0.2, 0.25) is 39.5 Å². The van der Waals surface area contributed by atoms with E-state index in [0.717, 1.165) is 187 Å². The van der Waals surface area contributed by atoms with Crippen molar-refractivity contribution >= 4 is 104 Å². The number of hydrogen-bond donors (Lipinski definition) is 2. The first-order valence-corrected chi connectivity index (χ1v) is 65.1. The Kier molecular flexibility index (Phi) is 52.4. The highest BCUT2D eigenvalue weighted by atomic mass is 32.2. The lowest BCUT2D eigenvalue weighted by atomic mass is 10.00. The summed E-state index contributed by atoms with van der Waals surface area (Å²) in [6.45, 7) is 32.3. The Labute approximate surface area is 864 Å². The lowest BCUT2D eigenvalue weighted by Gasteiger charge is -2.29. The average molecular weight is 2170 g/mol. The van der Waals surface area contributed by atoms with Crippen LogP contribution in [0.15, 0.2) is 300 Å². The molecule has 13 rings (SSSR count). The molecule has 0 heterocycles. The number of nitrogens with one attached hydrogen (secondary N) is 2. The fraction of sp³-hybridized carbons (Fsp3) is 0.405. The molecule has 0 spiro atoms. The van der Waals surface area contributed by atoms with Crippen LogP contribution >= 0.6 is 0 Å². The Morgan fingerprint density at radius 2 is 0.660 bits per heavy atom. The van der Waals surface area contributed by atoms with Gasteiger partial charge in [0.25, 0.3) is 10.0 Å². The van der Waals surface area contributed by atoms with Crippen molar-refractivity contribution < 1.29 is 88.9 Å². The third-order valence-electron chi connectivity index (χ3n) is 22.9. The summed E-state index contributed by atoms with van der Waals surface area (Å²) < 4.78 is 245. The van der Waals surface area contributed by atoms with Crippen molar-refractivity contribution in [2.75, 3.05) is 36.9 Å². The number of ether oxygens (including phenoxy) is 1. The second-order valence-electron chi connectivity index (χ2n) is 37.0. The number of anilines is 1. The smallest absolute Gasteiger partial charge is 0.265 e. The number of para-hydroxylation sites is 2. The summed E-state index contributed by atoms with van der Waals surface area (Å²) in [6.07, 6.45) is 21.0. The Hall–Kier alpha value is -9.52. The van der Waals surface area contributed by atoms with Crippen molar-refractivity contribution in [2.24, 2.45) is 0 Å². The van der Waals surface area contributed by atoms with Gasteiger partial charge in [-0.1, -0.05) is 295 Å². The van der Waals surface area contributed by atoms with Crippen LogP contribution in [0.3, 0.4) is 0 Å². The van der Waals surface area contributed by atoms with Gasteiger partial charge < -0.3 is 4.74 Å². The number of hydrogen-bond acceptors (Lipinski definition) is 21. The maximum Gasteiger partial charge on any atom is 0.265 e. The standard InChI is InChI=1S/C18H22O2S.C16H18O2S.C14H14O2S.C13H13NO3S.C12H22O2S.C12H10O2S.C12H26O2S.C10H15NO2S.2C2H6O2S/c1-11-7-13(3)17(14(4)8-11)21(19,20)18-15(5)9-12(2)10-16(18)6;1-11-5-7-15(8-6-11)19(17,18)16-13(3)9-12(2)10-14(16)4;15-17(16,11-13-7-3-1-4-8-13)12-14-9-5-2-6-10-14;1-17-12-9-5-6-10-13(12)18(15,16)14-11-7-3-2-4-8-11;2*13-15(14,11-7-3-1-4-8-11)12-9-5-2-6-10-12;1-5-8-9-10-12(7-3)15(13,14)11(4)6-2;1-8(2)11-14(12,13)10-7-5-4-6-9(10)3;2*1-5(2,3)4/h7-10H,1-6H3;5-10H,1-4H3;1-10H,11-12H2;2-10,14H,1H3;11-12H,1-10H2;1-10H;11-12H,5-10H2,1-4H3;4-8,11H,1-3H3;2*1-2H3. The molecule has 2 fully saturated rings. The van der Waals surface area contributed by atoms with Gasteiger partial charge in [-0.25, -0.2) is 88.9 Å². The van der Waals surface area contributed by atoms with Gasteiger partial charge in [-0.15, -0.1) is 0 Å². The molecule has 0 aromatic heterocycles. The molecule has 2 unspecified atom stereocenters. The van der Waals surface area contributed by atoms with Crippen molar-refractivity contribution in [1.29, 1.82) is 0 Å². The molecular weight excluding hydrogens is 2020 g/mol. The van der Waals surface area contributed by atoms with Crippen LogP contribution in [0, 0.1) is 76.2 Å². The Balaban J connectivity index is 0.000000339. The molecule has 2 N–H and O–H groups in total. The van der Waals surface area contributed by atoms with Gasteiger partial charge in [-0.2, -0.15) is 0 Å². The quantitative estimate of drug-likeness (QED) is 0.0452. The van der Waals surface area contributed by atoms with E-state index < -0.39 is 98.7 Å². The highest BCUT2D eigenvalue weighted by Gasteiger charge is 2.36. The van der Waals surface area contributed by atoms with E-state index in [2.05, 4.69) is 16.4 Å². The molecule has 2 aliphatic rings. The SMILES string of the molecule is CCCCCC(CC)S(=O)(=O)C(C)CC.COc1ccccc1S(=O)(=O)Nc1ccccc1.CS(C)(=O)=O.CS(C)(=O)=O.Cc1cc(C)c(S(=O)(=O)c2c(C)cc(C)cc2C)c(C)c1.Cc1ccc(S(=O)(=O)c2c(C)cc(C)cc2C)cc1.Cc1ccccc1S(=O)(=O)NC(C)C.O=S(=O)(C1CCCCC1)C1CCCCC1.O=S(=O)(Cc1ccccc1)Cc1ccccc1.O=S(=O)(c1ccccc1)c1ccccc1. The molecule has 0 amide bonds. The summed E-state index contributed by atoms with van der Waals surface area (Å²) in [5.41, 5.74) is 12.1. The van der Waals surface area contributed by atoms with Crippen LogP contribution in [0.2, 0.25) is 0 Å². The molecule has 33 heteroatoms. The van der Waals surface area contributed by atoms with Crippen LogP contribution in [-0.2, 0) is 110 Å². The Bertz CT molecular complexity index is 6800. The van der Waals surface area contributed by atoms with Gasteiger partial charge >= 0.3 is 0 Å². The van der Waals surface area contributed by atoms with E-state index in [9.17, 15) is 84.2 Å². The van der Waals surface area contributed by atoms with Crippen LogP contribution in [0.25, 0.3) is 0 Å². The highest BCUT2D eigenvalue weighted by Crippen LogP contribution is 2.36. The number of benzene rings is 11. The fourth-order valence-corrected chi connectivity index (χ4v) is 30.4. The number of unbranched alkanes of at least 4 members (excludes halogenated alkanes) is 2. The summed E-state index contributed by atoms with van der Waals surface area (Å²) in [4.78, 5) is 2.82. The van der Waals surface area contributed by atoms with E-state index in [1.54, 1.807) is 154 Å². The molecule has 144 heavy (non-hydrogen) atoms. The largest absolute Gasteiger partial charge is 0.495 e. The topological polar surface area (TPSA) is 375 Å². The van der Waals surface area contributed by atoms with E-state index in [1.165, 1.54) is 26.0 Å². The van der Waals surface area contributed by atoms with Crippen LogP contribution in [0.5, 0.6) is 5.75 Å². The van der Waals surface area contributed by atoms with Gasteiger partial charge in [-0.05, 0) is 259 Å². The maximum atomic E-state index is 13.1. The minimum absolute atomic E-state index is 0.00866.